The van der Waals surface area contributed by atoms with Crippen LogP contribution in [0.2, 0.25) is 0 Å². The summed E-state index contributed by atoms with van der Waals surface area (Å²) < 4.78 is 0. The molecule has 0 amide bonds. The summed E-state index contributed by atoms with van der Waals surface area (Å²) in [6, 6.07) is 0. The molecule has 0 saturated carbocycles. The van der Waals surface area contributed by atoms with Gasteiger partial charge in [-0.15, -0.1) is 0 Å². The van der Waals surface area contributed by atoms with Crippen molar-refractivity contribution in [2.45, 2.75) is 0 Å². The minimum Gasteiger partial charge on any atom is -2.00 e. The zero-order valence-corrected chi connectivity index (χ0v) is 20.0. The number of hydrogen-bond acceptors (Lipinski definition) is 0. The minimum absolute atomic E-state index is 0. The van der Waals surface area contributed by atoms with Crippen molar-refractivity contribution in [1.29, 1.82) is 0 Å². The molecular formula is O4Zn5+2. The van der Waals surface area contributed by atoms with Crippen molar-refractivity contribution in [2.24, 2.45) is 0 Å². The third kappa shape index (κ3) is 101. The molecule has 0 atom stereocenters. The first-order valence-corrected chi connectivity index (χ1v) is 0. The molecule has 0 N–H and O–H groups in total. The fourth-order valence-electron chi connectivity index (χ4n) is 0. The van der Waals surface area contributed by atoms with E-state index in [0.29, 0.717) is 0 Å². The van der Waals surface area contributed by atoms with E-state index >= 15 is 0 Å². The van der Waals surface area contributed by atoms with E-state index in [-0.39, 0.29) is 119 Å². The Kier molecular flexibility index (Phi) is 2270. The average molecular weight is 391 g/mol. The van der Waals surface area contributed by atoms with E-state index in [0.717, 1.165) is 0 Å². The molecule has 0 rings (SSSR count). The smallest absolute Gasteiger partial charge is 2.00 e. The van der Waals surface area contributed by atoms with E-state index in [1.807, 2.05) is 0 Å². The summed E-state index contributed by atoms with van der Waals surface area (Å²) in [6.07, 6.45) is 0. The van der Waals surface area contributed by atoms with Crippen molar-refractivity contribution in [3.63, 3.8) is 0 Å². The Morgan fingerprint density at radius 2 is 0.222 bits per heavy atom. The quantitative estimate of drug-likeness (QED) is 0.497. The van der Waals surface area contributed by atoms with Crippen LogP contribution in [0.4, 0.5) is 0 Å². The van der Waals surface area contributed by atoms with Gasteiger partial charge in [0, 0.05) is 0 Å². The van der Waals surface area contributed by atoms with E-state index in [2.05, 4.69) is 0 Å². The maximum Gasteiger partial charge on any atom is 2.00 e. The van der Waals surface area contributed by atoms with Gasteiger partial charge in [0.25, 0.3) is 0 Å². The maximum atomic E-state index is 0. The molecule has 0 saturated heterocycles. The average Bonchev–Trinajstić information content (AvgIpc) is 0. The Morgan fingerprint density at radius 3 is 0.222 bits per heavy atom. The van der Waals surface area contributed by atoms with Gasteiger partial charge in [0.05, 0.1) is 0 Å². The van der Waals surface area contributed by atoms with E-state index in [1.54, 1.807) is 0 Å². The van der Waals surface area contributed by atoms with Crippen LogP contribution in [0.5, 0.6) is 0 Å². The topological polar surface area (TPSA) is 114 Å². The van der Waals surface area contributed by atoms with Crippen molar-refractivity contribution in [3.8, 4) is 0 Å². The largest absolute Gasteiger partial charge is 2.00 e. The number of hydrogen-bond donors (Lipinski definition) is 0. The molecule has 4 nitrogen and oxygen atoms in total. The predicted octanol–water partition coefficient (Wildman–Crippen LogP) is -0.488. The van der Waals surface area contributed by atoms with Gasteiger partial charge >= 0.3 is 97.4 Å². The summed E-state index contributed by atoms with van der Waals surface area (Å²) in [7, 11) is 0. The molecule has 0 aromatic heterocycles. The molecule has 0 heterocycles. The van der Waals surface area contributed by atoms with Crippen LogP contribution in [0.3, 0.4) is 0 Å². The van der Waals surface area contributed by atoms with Gasteiger partial charge in [0.1, 0.15) is 0 Å². The number of rotatable bonds is 0. The minimum atomic E-state index is 0. The van der Waals surface area contributed by atoms with Gasteiger partial charge in [-0.05, 0) is 0 Å². The van der Waals surface area contributed by atoms with Crippen LogP contribution >= 0.6 is 0 Å². The molecular weight excluding hydrogens is 391 g/mol. The molecule has 0 spiro atoms. The summed E-state index contributed by atoms with van der Waals surface area (Å²) in [6.45, 7) is 0. The van der Waals surface area contributed by atoms with Crippen molar-refractivity contribution in [3.05, 3.63) is 0 Å². The fourth-order valence-corrected chi connectivity index (χ4v) is 0. The summed E-state index contributed by atoms with van der Waals surface area (Å²) in [4.78, 5) is 0. The van der Waals surface area contributed by atoms with Crippen molar-refractivity contribution in [1.82, 2.24) is 0 Å². The first-order valence-electron chi connectivity index (χ1n) is 0. The first kappa shape index (κ1) is 164. The van der Waals surface area contributed by atoms with Crippen LogP contribution in [0.1, 0.15) is 0 Å². The molecule has 0 aromatic rings. The summed E-state index contributed by atoms with van der Waals surface area (Å²) in [5, 5.41) is 0. The normalized spacial score (nSPS) is 0. The third-order valence-corrected chi connectivity index (χ3v) is 0. The molecule has 0 aliphatic heterocycles. The third-order valence-electron chi connectivity index (χ3n) is 0. The summed E-state index contributed by atoms with van der Waals surface area (Å²) in [5.41, 5.74) is 0. The van der Waals surface area contributed by atoms with Gasteiger partial charge in [-0.3, -0.25) is 0 Å². The second-order valence-electron chi connectivity index (χ2n) is 0. The van der Waals surface area contributed by atoms with E-state index in [9.17, 15) is 0 Å². The molecule has 0 aliphatic rings. The van der Waals surface area contributed by atoms with Crippen LogP contribution in [0.25, 0.3) is 0 Å². The van der Waals surface area contributed by atoms with Crippen molar-refractivity contribution >= 4 is 0 Å². The molecule has 32 valence electrons. The van der Waals surface area contributed by atoms with Gasteiger partial charge < -0.3 is 21.9 Å². The Labute approximate surface area is 118 Å². The van der Waals surface area contributed by atoms with E-state index < -0.39 is 0 Å². The Balaban J connectivity index is 0. The molecule has 0 fully saturated rings. The van der Waals surface area contributed by atoms with Gasteiger partial charge in [-0.1, -0.05) is 0 Å². The van der Waals surface area contributed by atoms with E-state index in [1.165, 1.54) is 0 Å². The zero-order chi connectivity index (χ0) is 0. The van der Waals surface area contributed by atoms with E-state index in [4.69, 9.17) is 0 Å². The molecule has 0 aromatic carbocycles. The van der Waals surface area contributed by atoms with Gasteiger partial charge in [-0.25, -0.2) is 0 Å². The van der Waals surface area contributed by atoms with Crippen LogP contribution in [0.15, 0.2) is 0 Å². The van der Waals surface area contributed by atoms with Crippen LogP contribution in [-0.4, -0.2) is 0 Å². The van der Waals surface area contributed by atoms with Crippen molar-refractivity contribution < 1.29 is 119 Å². The summed E-state index contributed by atoms with van der Waals surface area (Å²) in [5.74, 6) is 0. The van der Waals surface area contributed by atoms with Crippen molar-refractivity contribution in [2.75, 3.05) is 0 Å². The molecule has 9 heavy (non-hydrogen) atoms. The predicted molar refractivity (Wildman–Crippen MR) is 2.75 cm³/mol. The van der Waals surface area contributed by atoms with Gasteiger partial charge in [-0.2, -0.15) is 0 Å². The Bertz CT molecular complexity index is 8.92. The summed E-state index contributed by atoms with van der Waals surface area (Å²) >= 11 is 0. The maximum absolute atomic E-state index is 0. The van der Waals surface area contributed by atoms with Crippen LogP contribution in [0, 0.1) is 0 Å². The zero-order valence-electron chi connectivity index (χ0n) is 5.17. The Morgan fingerprint density at radius 1 is 0.222 bits per heavy atom. The monoisotopic (exact) mass is 384 g/mol. The van der Waals surface area contributed by atoms with Crippen LogP contribution in [-0.2, 0) is 119 Å². The second kappa shape index (κ2) is 124. The van der Waals surface area contributed by atoms with Crippen LogP contribution < -0.4 is 0 Å². The van der Waals surface area contributed by atoms with Gasteiger partial charge in [0.15, 0.2) is 0 Å². The Hall–Kier alpha value is 2.96. The molecule has 0 aliphatic carbocycles. The molecule has 0 radical (unpaired) electrons. The fraction of sp³-hybridized carbons (Fsp3) is 0. The first-order chi connectivity index (χ1) is 0. The SMILES string of the molecule is [O-2].[O-2].[O-2].[O-2].[Zn+2].[Zn+2].[Zn+2].[Zn+2].[Zn+2]. The molecule has 0 unspecified atom stereocenters. The molecule has 0 bridgehead atoms. The van der Waals surface area contributed by atoms with Gasteiger partial charge in [0.2, 0.25) is 0 Å². The second-order valence-corrected chi connectivity index (χ2v) is 0. The molecule has 9 heteroatoms. The standard InChI is InChI=1S/4O.5Zn/q4*-2;5*+2.